The van der Waals surface area contributed by atoms with Crippen LogP contribution < -0.4 is 21.3 Å². The number of carbonyl (C=O) groups is 6. The van der Waals surface area contributed by atoms with Crippen LogP contribution in [-0.2, 0) is 48.0 Å². The summed E-state index contributed by atoms with van der Waals surface area (Å²) in [5.74, 6) is -5.34. The molecular weight excluding hydrogens is 706 g/mol. The number of carbonyl (C=O) groups excluding carboxylic acids is 4. The largest absolute Gasteiger partial charge is 0.481 e. The van der Waals surface area contributed by atoms with Gasteiger partial charge in [0.15, 0.2) is 0 Å². The second-order valence-electron chi connectivity index (χ2n) is 13.4. The highest BCUT2D eigenvalue weighted by Crippen LogP contribution is 2.22. The Balaban J connectivity index is 1.30. The molecule has 0 spiro atoms. The van der Waals surface area contributed by atoms with Gasteiger partial charge in [-0.1, -0.05) is 54.6 Å². The number of carboxylic acid groups (broad SMARTS) is 2. The molecule has 0 saturated heterocycles. The molecule has 0 unspecified atom stereocenters. The van der Waals surface area contributed by atoms with Crippen LogP contribution in [0.2, 0.25) is 0 Å². The molecule has 15 heteroatoms. The molecule has 55 heavy (non-hydrogen) atoms. The van der Waals surface area contributed by atoms with Gasteiger partial charge in [0, 0.05) is 83.9 Å². The van der Waals surface area contributed by atoms with Crippen LogP contribution in [0.5, 0.6) is 0 Å². The summed E-state index contributed by atoms with van der Waals surface area (Å²) in [4.78, 5) is 87.4. The van der Waals surface area contributed by atoms with Gasteiger partial charge in [-0.05, 0) is 41.3 Å². The summed E-state index contributed by atoms with van der Waals surface area (Å²) in [6.07, 6.45) is 4.32. The number of hydrogen-bond donors (Lipinski definition) is 9. The van der Waals surface area contributed by atoms with E-state index in [4.69, 9.17) is 0 Å². The lowest BCUT2D eigenvalue weighted by atomic mass is 10.00. The van der Waals surface area contributed by atoms with E-state index in [1.54, 1.807) is 18.6 Å². The van der Waals surface area contributed by atoms with Crippen LogP contribution in [0.25, 0.3) is 32.7 Å². The van der Waals surface area contributed by atoms with Crippen LogP contribution in [-0.4, -0.2) is 84.9 Å². The van der Waals surface area contributed by atoms with Crippen LogP contribution in [0, 0.1) is 0 Å². The minimum atomic E-state index is -1.36. The number of H-pyrrole nitrogens is 3. The summed E-state index contributed by atoms with van der Waals surface area (Å²) < 4.78 is 0. The maximum Gasteiger partial charge on any atom is 0.326 e. The molecule has 4 amide bonds. The van der Waals surface area contributed by atoms with E-state index in [1.807, 2.05) is 72.8 Å². The van der Waals surface area contributed by atoms with Crippen molar-refractivity contribution in [2.75, 3.05) is 0 Å². The Labute approximate surface area is 314 Å². The Hall–Kier alpha value is -6.90. The average molecular weight is 748 g/mol. The minimum absolute atomic E-state index is 0.0398. The zero-order valence-electron chi connectivity index (χ0n) is 29.8. The zero-order valence-corrected chi connectivity index (χ0v) is 29.8. The molecule has 4 atom stereocenters. The maximum atomic E-state index is 14.4. The summed E-state index contributed by atoms with van der Waals surface area (Å²) in [5.41, 5.74) is 4.41. The summed E-state index contributed by atoms with van der Waals surface area (Å²) in [6, 6.07) is 16.9. The van der Waals surface area contributed by atoms with Crippen molar-refractivity contribution in [2.45, 2.75) is 63.2 Å². The predicted molar refractivity (Wildman–Crippen MR) is 204 cm³/mol. The number of nitrogens with one attached hydrogen (secondary N) is 7. The monoisotopic (exact) mass is 747 g/mol. The fourth-order valence-corrected chi connectivity index (χ4v) is 6.78. The Morgan fingerprint density at radius 2 is 0.891 bits per heavy atom. The van der Waals surface area contributed by atoms with Crippen molar-refractivity contribution in [3.63, 3.8) is 0 Å². The summed E-state index contributed by atoms with van der Waals surface area (Å²) in [7, 11) is 0. The lowest BCUT2D eigenvalue weighted by Crippen LogP contribution is -2.58. The molecule has 15 nitrogen and oxygen atoms in total. The van der Waals surface area contributed by atoms with Crippen LogP contribution in [0.1, 0.15) is 36.5 Å². The molecule has 6 rings (SSSR count). The molecule has 0 aliphatic rings. The molecule has 0 aliphatic carbocycles. The normalized spacial score (nSPS) is 13.5. The van der Waals surface area contributed by atoms with E-state index in [0.29, 0.717) is 16.7 Å². The molecule has 0 bridgehead atoms. The van der Waals surface area contributed by atoms with Gasteiger partial charge >= 0.3 is 11.9 Å². The van der Waals surface area contributed by atoms with Gasteiger partial charge in [-0.15, -0.1) is 0 Å². The highest BCUT2D eigenvalue weighted by Gasteiger charge is 2.33. The van der Waals surface area contributed by atoms with Gasteiger partial charge in [0.05, 0.1) is 0 Å². The van der Waals surface area contributed by atoms with E-state index in [9.17, 15) is 39.0 Å². The number of amides is 4. The van der Waals surface area contributed by atoms with Crippen molar-refractivity contribution in [2.24, 2.45) is 0 Å². The first-order chi connectivity index (χ1) is 26.5. The minimum Gasteiger partial charge on any atom is -0.481 e. The second-order valence-corrected chi connectivity index (χ2v) is 13.4. The number of rotatable bonds is 17. The summed E-state index contributed by atoms with van der Waals surface area (Å²) in [5, 5.41) is 32.4. The fourth-order valence-electron chi connectivity index (χ4n) is 6.78. The van der Waals surface area contributed by atoms with Gasteiger partial charge in [-0.25, -0.2) is 4.79 Å². The first kappa shape index (κ1) is 37.8. The number of fused-ring (bicyclic) bond motifs is 3. The molecule has 3 heterocycles. The molecule has 0 aliphatic heterocycles. The van der Waals surface area contributed by atoms with E-state index in [-0.39, 0.29) is 25.7 Å². The second kappa shape index (κ2) is 16.8. The van der Waals surface area contributed by atoms with Gasteiger partial charge in [0.1, 0.15) is 24.2 Å². The van der Waals surface area contributed by atoms with Crippen molar-refractivity contribution in [1.82, 2.24) is 36.2 Å². The quantitative estimate of drug-likeness (QED) is 0.0671. The molecule has 3 aromatic heterocycles. The number of aromatic nitrogens is 3. The van der Waals surface area contributed by atoms with Gasteiger partial charge in [-0.2, -0.15) is 0 Å². The SMILES string of the molecule is CC(=O)N[C@@H](CCC(=O)O)C(=O)N[C@@H](Cc1c[nH]c2ccccc12)C(=O)N[C@@H](Cc1c[nH]c2ccccc12)C(=O)N[C@@H](Cc1c[nH]c2ccccc12)C(=O)O. The zero-order chi connectivity index (χ0) is 39.1. The first-order valence-corrected chi connectivity index (χ1v) is 17.7. The van der Waals surface area contributed by atoms with Crippen LogP contribution >= 0.6 is 0 Å². The molecule has 9 N–H and O–H groups in total. The number of benzene rings is 3. The lowest BCUT2D eigenvalue weighted by molar-refractivity contribution is -0.142. The Kier molecular flexibility index (Phi) is 11.6. The third kappa shape index (κ3) is 9.19. The number of aromatic amines is 3. The molecule has 0 saturated carbocycles. The Morgan fingerprint density at radius 3 is 1.27 bits per heavy atom. The molecule has 3 aromatic carbocycles. The van der Waals surface area contributed by atoms with Crippen molar-refractivity contribution >= 4 is 68.3 Å². The smallest absolute Gasteiger partial charge is 0.326 e. The standard InChI is InChI=1S/C40H41N7O8/c1-22(48)44-32(14-15-36(49)50)37(51)45-33(16-23-19-41-29-11-5-2-8-26(23)29)38(52)46-34(17-24-20-42-30-12-6-3-9-27(24)30)39(53)47-35(40(54)55)18-25-21-43-31-13-7-4-10-28(25)31/h2-13,19-21,32-35,41-43H,14-18H2,1H3,(H,44,48)(H,45,51)(H,46,52)(H,47,53)(H,49,50)(H,54,55)/t32-,33-,34-,35-/m0/s1. The number of aliphatic carboxylic acids is 2. The van der Waals surface area contributed by atoms with Gasteiger partial charge < -0.3 is 46.4 Å². The molecule has 6 aromatic rings. The highest BCUT2D eigenvalue weighted by atomic mass is 16.4. The molecule has 0 fully saturated rings. The van der Waals surface area contributed by atoms with Gasteiger partial charge in [0.2, 0.25) is 23.6 Å². The topological polar surface area (TPSA) is 238 Å². The number of carboxylic acids is 2. The van der Waals surface area contributed by atoms with E-state index in [0.717, 1.165) is 32.7 Å². The van der Waals surface area contributed by atoms with Crippen LogP contribution in [0.3, 0.4) is 0 Å². The van der Waals surface area contributed by atoms with E-state index in [1.165, 1.54) is 6.92 Å². The molecule has 284 valence electrons. The maximum absolute atomic E-state index is 14.4. The summed E-state index contributed by atoms with van der Waals surface area (Å²) >= 11 is 0. The first-order valence-electron chi connectivity index (χ1n) is 17.7. The Morgan fingerprint density at radius 1 is 0.527 bits per heavy atom. The lowest BCUT2D eigenvalue weighted by Gasteiger charge is -2.26. The van der Waals surface area contributed by atoms with Crippen molar-refractivity contribution in [3.8, 4) is 0 Å². The fraction of sp³-hybridized carbons (Fsp3) is 0.250. The Bertz CT molecular complexity index is 2380. The van der Waals surface area contributed by atoms with Crippen molar-refractivity contribution in [3.05, 3.63) is 108 Å². The van der Waals surface area contributed by atoms with Crippen LogP contribution in [0.15, 0.2) is 91.4 Å². The van der Waals surface area contributed by atoms with Gasteiger partial charge in [0.25, 0.3) is 0 Å². The van der Waals surface area contributed by atoms with E-state index >= 15 is 0 Å². The van der Waals surface area contributed by atoms with Gasteiger partial charge in [-0.3, -0.25) is 24.0 Å². The predicted octanol–water partition coefficient (Wildman–Crippen LogP) is 3.07. The van der Waals surface area contributed by atoms with Crippen molar-refractivity contribution < 1.29 is 39.0 Å². The summed E-state index contributed by atoms with van der Waals surface area (Å²) in [6.45, 7) is 1.19. The third-order valence-electron chi connectivity index (χ3n) is 9.52. The van der Waals surface area contributed by atoms with E-state index < -0.39 is 66.2 Å². The highest BCUT2D eigenvalue weighted by molar-refractivity contribution is 5.96. The third-order valence-corrected chi connectivity index (χ3v) is 9.52. The van der Waals surface area contributed by atoms with Crippen molar-refractivity contribution in [1.29, 1.82) is 0 Å². The van der Waals surface area contributed by atoms with E-state index in [2.05, 4.69) is 36.2 Å². The number of hydrogen-bond acceptors (Lipinski definition) is 6. The average Bonchev–Trinajstić information content (AvgIpc) is 3.89. The molecule has 0 radical (unpaired) electrons. The number of para-hydroxylation sites is 3. The van der Waals surface area contributed by atoms with Crippen LogP contribution in [0.4, 0.5) is 0 Å². The molecular formula is C40H41N7O8.